The maximum absolute atomic E-state index is 13.3. The first-order chi connectivity index (χ1) is 9.15. The third kappa shape index (κ3) is 2.30. The molecular formula is C16H13BrFN. The number of halogens is 2. The molecule has 0 fully saturated rings. The predicted molar refractivity (Wildman–Crippen MR) is 79.9 cm³/mol. The zero-order valence-corrected chi connectivity index (χ0v) is 12.1. The van der Waals surface area contributed by atoms with Crippen LogP contribution in [0.15, 0.2) is 53.1 Å². The van der Waals surface area contributed by atoms with E-state index >= 15 is 0 Å². The summed E-state index contributed by atoms with van der Waals surface area (Å²) < 4.78 is 16.6. The van der Waals surface area contributed by atoms with E-state index in [1.165, 1.54) is 11.5 Å². The van der Waals surface area contributed by atoms with Crippen LogP contribution in [-0.2, 0) is 6.54 Å². The van der Waals surface area contributed by atoms with Crippen molar-refractivity contribution in [3.8, 4) is 0 Å². The van der Waals surface area contributed by atoms with Crippen LogP contribution in [0.2, 0.25) is 0 Å². The zero-order valence-electron chi connectivity index (χ0n) is 10.5. The quantitative estimate of drug-likeness (QED) is 0.633. The molecule has 0 aliphatic carbocycles. The minimum atomic E-state index is -0.182. The van der Waals surface area contributed by atoms with Gasteiger partial charge in [0.15, 0.2) is 0 Å². The van der Waals surface area contributed by atoms with Crippen molar-refractivity contribution in [1.82, 2.24) is 4.57 Å². The van der Waals surface area contributed by atoms with Crippen molar-refractivity contribution in [2.45, 2.75) is 13.5 Å². The van der Waals surface area contributed by atoms with Crippen molar-refractivity contribution in [2.24, 2.45) is 0 Å². The van der Waals surface area contributed by atoms with Crippen LogP contribution in [-0.4, -0.2) is 4.57 Å². The van der Waals surface area contributed by atoms with E-state index in [1.807, 2.05) is 31.3 Å². The molecule has 0 bridgehead atoms. The summed E-state index contributed by atoms with van der Waals surface area (Å²) in [6, 6.07) is 13.1. The van der Waals surface area contributed by atoms with Crippen molar-refractivity contribution >= 4 is 26.8 Å². The summed E-state index contributed by atoms with van der Waals surface area (Å²) in [5.41, 5.74) is 3.27. The Bertz CT molecular complexity index is 746. The van der Waals surface area contributed by atoms with E-state index in [4.69, 9.17) is 0 Å². The number of rotatable bonds is 2. The molecule has 96 valence electrons. The molecule has 0 aliphatic rings. The van der Waals surface area contributed by atoms with Gasteiger partial charge in [-0.25, -0.2) is 4.39 Å². The van der Waals surface area contributed by atoms with E-state index in [9.17, 15) is 4.39 Å². The molecule has 0 saturated carbocycles. The predicted octanol–water partition coefficient (Wildman–Crippen LogP) is 4.90. The van der Waals surface area contributed by atoms with Crippen LogP contribution in [0, 0.1) is 12.7 Å². The van der Waals surface area contributed by atoms with E-state index < -0.39 is 0 Å². The molecule has 1 heterocycles. The standard InChI is InChI=1S/C16H13BrFN/c1-11-5-6-13(18)9-12(11)10-19-8-7-14-15(17)3-2-4-16(14)19/h2-9H,10H2,1H3. The number of hydrogen-bond donors (Lipinski definition) is 0. The molecular weight excluding hydrogens is 305 g/mol. The molecule has 0 radical (unpaired) electrons. The normalized spacial score (nSPS) is 11.1. The van der Waals surface area contributed by atoms with Crippen molar-refractivity contribution in [3.63, 3.8) is 0 Å². The van der Waals surface area contributed by atoms with Gasteiger partial charge in [-0.15, -0.1) is 0 Å². The lowest BCUT2D eigenvalue weighted by Crippen LogP contribution is -2.00. The first-order valence-electron chi connectivity index (χ1n) is 6.13. The van der Waals surface area contributed by atoms with Crippen LogP contribution in [0.25, 0.3) is 10.9 Å². The minimum Gasteiger partial charge on any atom is -0.343 e. The van der Waals surface area contributed by atoms with Crippen LogP contribution < -0.4 is 0 Å². The van der Waals surface area contributed by atoms with E-state index in [0.29, 0.717) is 6.54 Å². The summed E-state index contributed by atoms with van der Waals surface area (Å²) in [6.07, 6.45) is 2.04. The zero-order chi connectivity index (χ0) is 13.4. The molecule has 0 N–H and O–H groups in total. The first kappa shape index (κ1) is 12.4. The van der Waals surface area contributed by atoms with Gasteiger partial charge < -0.3 is 4.57 Å². The summed E-state index contributed by atoms with van der Waals surface area (Å²) in [4.78, 5) is 0. The second-order valence-electron chi connectivity index (χ2n) is 4.69. The average molecular weight is 318 g/mol. The number of benzene rings is 2. The highest BCUT2D eigenvalue weighted by molar-refractivity contribution is 9.10. The summed E-state index contributed by atoms with van der Waals surface area (Å²) >= 11 is 3.55. The number of hydrogen-bond acceptors (Lipinski definition) is 0. The highest BCUT2D eigenvalue weighted by Gasteiger charge is 2.06. The summed E-state index contributed by atoms with van der Waals surface area (Å²) in [5.74, 6) is -0.182. The third-order valence-corrected chi connectivity index (χ3v) is 4.10. The summed E-state index contributed by atoms with van der Waals surface area (Å²) in [7, 11) is 0. The smallest absolute Gasteiger partial charge is 0.123 e. The fraction of sp³-hybridized carbons (Fsp3) is 0.125. The van der Waals surface area contributed by atoms with Gasteiger partial charge >= 0.3 is 0 Å². The Morgan fingerprint density at radius 1 is 1.16 bits per heavy atom. The molecule has 0 saturated heterocycles. The summed E-state index contributed by atoms with van der Waals surface area (Å²) in [6.45, 7) is 2.69. The first-order valence-corrected chi connectivity index (χ1v) is 6.93. The minimum absolute atomic E-state index is 0.182. The van der Waals surface area contributed by atoms with Gasteiger partial charge in [-0.1, -0.05) is 28.1 Å². The largest absolute Gasteiger partial charge is 0.343 e. The molecule has 19 heavy (non-hydrogen) atoms. The molecule has 0 unspecified atom stereocenters. The number of aromatic nitrogens is 1. The average Bonchev–Trinajstić information content (AvgIpc) is 2.79. The molecule has 0 atom stereocenters. The van der Waals surface area contributed by atoms with Crippen molar-refractivity contribution in [3.05, 3.63) is 70.1 Å². The Labute approximate surface area is 119 Å². The molecule has 0 spiro atoms. The Balaban J connectivity index is 2.06. The highest BCUT2D eigenvalue weighted by atomic mass is 79.9. The molecule has 1 aromatic heterocycles. The monoisotopic (exact) mass is 317 g/mol. The summed E-state index contributed by atoms with van der Waals surface area (Å²) in [5, 5.41) is 1.18. The molecule has 0 amide bonds. The number of nitrogens with zero attached hydrogens (tertiary/aromatic N) is 1. The topological polar surface area (TPSA) is 4.93 Å². The fourth-order valence-electron chi connectivity index (χ4n) is 2.32. The molecule has 1 nitrogen and oxygen atoms in total. The van der Waals surface area contributed by atoms with Gasteiger partial charge in [-0.3, -0.25) is 0 Å². The maximum atomic E-state index is 13.3. The Kier molecular flexibility index (Phi) is 3.15. The van der Waals surface area contributed by atoms with E-state index in [0.717, 1.165) is 21.1 Å². The lowest BCUT2D eigenvalue weighted by atomic mass is 10.1. The van der Waals surface area contributed by atoms with Crippen LogP contribution in [0.5, 0.6) is 0 Å². The maximum Gasteiger partial charge on any atom is 0.123 e. The van der Waals surface area contributed by atoms with Gasteiger partial charge in [-0.05, 0) is 48.4 Å². The molecule has 0 aliphatic heterocycles. The van der Waals surface area contributed by atoms with Gasteiger partial charge in [0.1, 0.15) is 5.82 Å². The van der Waals surface area contributed by atoms with E-state index in [2.05, 4.69) is 32.6 Å². The van der Waals surface area contributed by atoms with Gasteiger partial charge in [0, 0.05) is 28.1 Å². The van der Waals surface area contributed by atoms with E-state index in [1.54, 1.807) is 6.07 Å². The number of fused-ring (bicyclic) bond motifs is 1. The second kappa shape index (κ2) is 4.82. The van der Waals surface area contributed by atoms with Crippen LogP contribution >= 0.6 is 15.9 Å². The molecule has 3 heteroatoms. The lowest BCUT2D eigenvalue weighted by molar-refractivity contribution is 0.623. The lowest BCUT2D eigenvalue weighted by Gasteiger charge is -2.09. The third-order valence-electron chi connectivity index (χ3n) is 3.41. The van der Waals surface area contributed by atoms with Crippen LogP contribution in [0.3, 0.4) is 0 Å². The number of aryl methyl sites for hydroxylation is 1. The highest BCUT2D eigenvalue weighted by Crippen LogP contribution is 2.25. The van der Waals surface area contributed by atoms with Gasteiger partial charge in [0.2, 0.25) is 0 Å². The SMILES string of the molecule is Cc1ccc(F)cc1Cn1ccc2c(Br)cccc21. The van der Waals surface area contributed by atoms with Gasteiger partial charge in [0.25, 0.3) is 0 Å². The van der Waals surface area contributed by atoms with Crippen molar-refractivity contribution < 1.29 is 4.39 Å². The molecule has 2 aromatic carbocycles. The van der Waals surface area contributed by atoms with Crippen molar-refractivity contribution in [1.29, 1.82) is 0 Å². The Morgan fingerprint density at radius 2 is 2.00 bits per heavy atom. The van der Waals surface area contributed by atoms with Gasteiger partial charge in [0.05, 0.1) is 0 Å². The second-order valence-corrected chi connectivity index (χ2v) is 5.54. The van der Waals surface area contributed by atoms with Crippen LogP contribution in [0.4, 0.5) is 4.39 Å². The Hall–Kier alpha value is -1.61. The van der Waals surface area contributed by atoms with Crippen molar-refractivity contribution in [2.75, 3.05) is 0 Å². The fourth-order valence-corrected chi connectivity index (χ4v) is 2.81. The van der Waals surface area contributed by atoms with E-state index in [-0.39, 0.29) is 5.82 Å². The van der Waals surface area contributed by atoms with Crippen LogP contribution in [0.1, 0.15) is 11.1 Å². The van der Waals surface area contributed by atoms with Gasteiger partial charge in [-0.2, -0.15) is 0 Å². The molecule has 3 aromatic rings. The Morgan fingerprint density at radius 3 is 2.84 bits per heavy atom. The molecule has 3 rings (SSSR count).